The van der Waals surface area contributed by atoms with Crippen molar-refractivity contribution >= 4 is 16.8 Å². The summed E-state index contributed by atoms with van der Waals surface area (Å²) in [7, 11) is 1.70. The van der Waals surface area contributed by atoms with Gasteiger partial charge in [-0.25, -0.2) is 0 Å². The summed E-state index contributed by atoms with van der Waals surface area (Å²) in [4.78, 5) is 21.9. The van der Waals surface area contributed by atoms with Crippen LogP contribution in [0.4, 0.5) is 0 Å². The number of piperidine rings is 1. The van der Waals surface area contributed by atoms with E-state index >= 15 is 0 Å². The number of aromatic nitrogens is 2. The van der Waals surface area contributed by atoms with Crippen LogP contribution < -0.4 is 5.32 Å². The van der Waals surface area contributed by atoms with Crippen LogP contribution in [0.1, 0.15) is 55.3 Å². The lowest BCUT2D eigenvalue weighted by atomic mass is 9.87. The fraction of sp³-hybridized carbons (Fsp3) is 0.440. The topological polar surface area (TPSA) is 61.0 Å². The van der Waals surface area contributed by atoms with E-state index in [9.17, 15) is 4.79 Å². The van der Waals surface area contributed by atoms with E-state index in [0.29, 0.717) is 18.4 Å². The second kappa shape index (κ2) is 8.60. The lowest BCUT2D eigenvalue weighted by molar-refractivity contribution is -0.122. The predicted octanol–water partition coefficient (Wildman–Crippen LogP) is 4.59. The summed E-state index contributed by atoms with van der Waals surface area (Å²) in [5.74, 6) is 1.08. The Hall–Kier alpha value is -2.66. The van der Waals surface area contributed by atoms with Crippen LogP contribution in [0.5, 0.6) is 0 Å². The summed E-state index contributed by atoms with van der Waals surface area (Å²) in [5, 5.41) is 4.06. The molecule has 0 bridgehead atoms. The van der Waals surface area contributed by atoms with E-state index in [-0.39, 0.29) is 5.91 Å². The number of carbonyl (C=O) groups excluding carboxylic acids is 1. The predicted molar refractivity (Wildman–Crippen MR) is 123 cm³/mol. The van der Waals surface area contributed by atoms with E-state index < -0.39 is 0 Å². The van der Waals surface area contributed by atoms with Gasteiger partial charge in [0.25, 0.3) is 0 Å². The number of hydrogen-bond acceptors (Lipinski definition) is 3. The van der Waals surface area contributed by atoms with Crippen molar-refractivity contribution in [1.82, 2.24) is 20.2 Å². The first-order chi connectivity index (χ1) is 14.5. The highest BCUT2D eigenvalue weighted by atomic mass is 16.1. The molecule has 2 aromatic heterocycles. The highest BCUT2D eigenvalue weighted by Crippen LogP contribution is 2.38. The Kier molecular flexibility index (Phi) is 5.91. The zero-order chi connectivity index (χ0) is 21.3. The summed E-state index contributed by atoms with van der Waals surface area (Å²) in [6.45, 7) is 9.03. The second-order valence-corrected chi connectivity index (χ2v) is 8.78. The average molecular weight is 405 g/mol. The monoisotopic (exact) mass is 404 g/mol. The Morgan fingerprint density at radius 3 is 2.67 bits per heavy atom. The molecular weight excluding hydrogens is 372 g/mol. The zero-order valence-corrected chi connectivity index (χ0v) is 18.5. The Labute approximate surface area is 178 Å². The summed E-state index contributed by atoms with van der Waals surface area (Å²) in [6.07, 6.45) is 4.08. The number of amides is 1. The van der Waals surface area contributed by atoms with Crippen molar-refractivity contribution in [3.05, 3.63) is 53.3 Å². The van der Waals surface area contributed by atoms with Crippen LogP contribution in [0.2, 0.25) is 0 Å². The standard InChI is InChI=1S/C25H32N4O/c1-16(2)24-21-14-19(18-8-11-29(12-9-18)15-23(30)26-4)5-6-22(21)28-25(24)20-7-10-27-17(3)13-20/h5-7,10,13-14,16,18,28H,8-9,11-12,15H2,1-4H3,(H,26,30). The molecule has 1 fully saturated rings. The molecule has 2 N–H and O–H groups in total. The molecule has 0 radical (unpaired) electrons. The summed E-state index contributed by atoms with van der Waals surface area (Å²) >= 11 is 0. The Bertz CT molecular complexity index is 1040. The van der Waals surface area contributed by atoms with E-state index in [0.717, 1.165) is 31.6 Å². The van der Waals surface area contributed by atoms with Crippen molar-refractivity contribution < 1.29 is 4.79 Å². The van der Waals surface area contributed by atoms with Gasteiger partial charge in [0.1, 0.15) is 0 Å². The van der Waals surface area contributed by atoms with Crippen molar-refractivity contribution in [2.24, 2.45) is 0 Å². The lowest BCUT2D eigenvalue weighted by Crippen LogP contribution is -2.40. The molecule has 0 spiro atoms. The van der Waals surface area contributed by atoms with E-state index in [2.05, 4.69) is 64.4 Å². The molecule has 0 aliphatic carbocycles. The number of aromatic amines is 1. The van der Waals surface area contributed by atoms with Crippen molar-refractivity contribution in [1.29, 1.82) is 0 Å². The van der Waals surface area contributed by atoms with Gasteiger partial charge in [-0.15, -0.1) is 0 Å². The van der Waals surface area contributed by atoms with Crippen molar-refractivity contribution in [2.45, 2.75) is 45.4 Å². The van der Waals surface area contributed by atoms with E-state index in [1.54, 1.807) is 7.05 Å². The third-order valence-corrected chi connectivity index (χ3v) is 6.33. The number of aryl methyl sites for hydroxylation is 1. The minimum atomic E-state index is 0.0997. The number of H-pyrrole nitrogens is 1. The fourth-order valence-corrected chi connectivity index (χ4v) is 4.72. The minimum absolute atomic E-state index is 0.0997. The summed E-state index contributed by atoms with van der Waals surface area (Å²) < 4.78 is 0. The maximum atomic E-state index is 11.7. The molecule has 5 heteroatoms. The highest BCUT2D eigenvalue weighted by molar-refractivity contribution is 5.92. The second-order valence-electron chi connectivity index (χ2n) is 8.78. The van der Waals surface area contributed by atoms with E-state index in [1.807, 2.05) is 13.1 Å². The number of pyridine rings is 1. The van der Waals surface area contributed by atoms with Crippen molar-refractivity contribution in [3.63, 3.8) is 0 Å². The first-order valence-electron chi connectivity index (χ1n) is 11.0. The maximum absolute atomic E-state index is 11.7. The van der Waals surface area contributed by atoms with Crippen LogP contribution >= 0.6 is 0 Å². The van der Waals surface area contributed by atoms with Crippen LogP contribution in [0.25, 0.3) is 22.2 Å². The molecule has 3 aromatic rings. The zero-order valence-electron chi connectivity index (χ0n) is 18.5. The van der Waals surface area contributed by atoms with E-state index in [4.69, 9.17) is 0 Å². The number of fused-ring (bicyclic) bond motifs is 1. The molecule has 1 saturated heterocycles. The Balaban J connectivity index is 1.63. The van der Waals surface area contributed by atoms with Crippen LogP contribution in [0.15, 0.2) is 36.5 Å². The van der Waals surface area contributed by atoms with Gasteiger partial charge < -0.3 is 10.3 Å². The Morgan fingerprint density at radius 2 is 2.00 bits per heavy atom. The van der Waals surface area contributed by atoms with Crippen LogP contribution in [0, 0.1) is 6.92 Å². The molecule has 4 rings (SSSR count). The molecule has 1 aliphatic heterocycles. The number of likely N-dealkylation sites (tertiary alicyclic amines) is 1. The number of nitrogens with one attached hydrogen (secondary N) is 2. The van der Waals surface area contributed by atoms with Gasteiger partial charge in [-0.05, 0) is 80.1 Å². The third kappa shape index (κ3) is 4.12. The molecule has 0 atom stereocenters. The molecule has 1 amide bonds. The summed E-state index contributed by atoms with van der Waals surface area (Å²) in [5.41, 5.74) is 7.44. The number of likely N-dealkylation sites (N-methyl/N-ethyl adjacent to an activating group) is 1. The Morgan fingerprint density at radius 1 is 1.23 bits per heavy atom. The number of benzene rings is 1. The fourth-order valence-electron chi connectivity index (χ4n) is 4.72. The molecule has 0 unspecified atom stereocenters. The van der Waals surface area contributed by atoms with Gasteiger partial charge in [-0.2, -0.15) is 0 Å². The summed E-state index contributed by atoms with van der Waals surface area (Å²) in [6, 6.07) is 11.2. The van der Waals surface area contributed by atoms with Gasteiger partial charge in [0, 0.05) is 35.4 Å². The smallest absolute Gasteiger partial charge is 0.233 e. The van der Waals surface area contributed by atoms with Crippen molar-refractivity contribution in [2.75, 3.05) is 26.7 Å². The van der Waals surface area contributed by atoms with Gasteiger partial charge in [0.15, 0.2) is 0 Å². The third-order valence-electron chi connectivity index (χ3n) is 6.33. The van der Waals surface area contributed by atoms with Gasteiger partial charge in [0.2, 0.25) is 5.91 Å². The van der Waals surface area contributed by atoms with Crippen LogP contribution in [0.3, 0.4) is 0 Å². The number of hydrogen-bond donors (Lipinski definition) is 2. The molecule has 158 valence electrons. The number of nitrogens with zero attached hydrogens (tertiary/aromatic N) is 2. The number of carbonyl (C=O) groups is 1. The maximum Gasteiger partial charge on any atom is 0.233 e. The highest BCUT2D eigenvalue weighted by Gasteiger charge is 2.23. The first kappa shape index (κ1) is 20.6. The van der Waals surface area contributed by atoms with Gasteiger partial charge in [-0.3, -0.25) is 14.7 Å². The van der Waals surface area contributed by atoms with Crippen molar-refractivity contribution in [3.8, 4) is 11.3 Å². The van der Waals surface area contributed by atoms with Gasteiger partial charge >= 0.3 is 0 Å². The molecule has 3 heterocycles. The largest absolute Gasteiger partial charge is 0.358 e. The molecular formula is C25H32N4O. The average Bonchev–Trinajstić information content (AvgIpc) is 3.13. The normalized spacial score (nSPS) is 15.8. The van der Waals surface area contributed by atoms with E-state index in [1.165, 1.54) is 33.3 Å². The quantitative estimate of drug-likeness (QED) is 0.654. The van der Waals surface area contributed by atoms with Crippen LogP contribution in [-0.4, -0.2) is 47.5 Å². The van der Waals surface area contributed by atoms with Gasteiger partial charge in [0.05, 0.1) is 12.2 Å². The minimum Gasteiger partial charge on any atom is -0.358 e. The molecule has 30 heavy (non-hydrogen) atoms. The first-order valence-corrected chi connectivity index (χ1v) is 11.0. The molecule has 0 saturated carbocycles. The molecule has 1 aliphatic rings. The molecule has 5 nitrogen and oxygen atoms in total. The lowest BCUT2D eigenvalue weighted by Gasteiger charge is -2.31. The molecule has 1 aromatic carbocycles. The van der Waals surface area contributed by atoms with Gasteiger partial charge in [-0.1, -0.05) is 19.9 Å². The number of rotatable bonds is 5. The van der Waals surface area contributed by atoms with Crippen LogP contribution in [-0.2, 0) is 4.79 Å². The SMILES string of the molecule is CNC(=O)CN1CCC(c2ccc3[nH]c(-c4ccnc(C)c4)c(C(C)C)c3c2)CC1.